The second-order valence-corrected chi connectivity index (χ2v) is 7.79. The number of aromatic nitrogens is 1. The zero-order valence-electron chi connectivity index (χ0n) is 15.7. The van der Waals surface area contributed by atoms with Crippen LogP contribution in [-0.4, -0.2) is 26.6 Å². The highest BCUT2D eigenvalue weighted by Crippen LogP contribution is 2.49. The molecule has 1 aromatic heterocycles. The zero-order valence-corrected chi connectivity index (χ0v) is 16.5. The van der Waals surface area contributed by atoms with Gasteiger partial charge in [0.15, 0.2) is 16.7 Å². The minimum atomic E-state index is -0.872. The van der Waals surface area contributed by atoms with E-state index in [-0.39, 0.29) is 11.0 Å². The smallest absolute Gasteiger partial charge is 0.259 e. The summed E-state index contributed by atoms with van der Waals surface area (Å²) in [7, 11) is 0. The van der Waals surface area contributed by atoms with Crippen LogP contribution in [0.1, 0.15) is 24.8 Å². The van der Waals surface area contributed by atoms with Crippen LogP contribution in [0, 0.1) is 17.1 Å². The van der Waals surface area contributed by atoms with Gasteiger partial charge in [0.1, 0.15) is 11.6 Å². The van der Waals surface area contributed by atoms with Gasteiger partial charge in [0.25, 0.3) is 5.91 Å². The Morgan fingerprint density at radius 1 is 1.23 bits per heavy atom. The van der Waals surface area contributed by atoms with Gasteiger partial charge < -0.3 is 10.0 Å². The number of nitriles is 1. The molecule has 148 valence electrons. The van der Waals surface area contributed by atoms with Gasteiger partial charge in [-0.15, -0.1) is 0 Å². The summed E-state index contributed by atoms with van der Waals surface area (Å²) in [5.41, 5.74) is 0.984. The van der Waals surface area contributed by atoms with Crippen molar-refractivity contribution in [1.29, 1.82) is 5.26 Å². The molecule has 1 N–H and O–H groups in total. The van der Waals surface area contributed by atoms with Gasteiger partial charge >= 0.3 is 0 Å². The fraction of sp³-hybridized carbons (Fsp3) is 0.182. The number of rotatable bonds is 2. The van der Waals surface area contributed by atoms with Gasteiger partial charge in [0.2, 0.25) is 0 Å². The van der Waals surface area contributed by atoms with Crippen LogP contribution in [0.5, 0.6) is 5.75 Å². The van der Waals surface area contributed by atoms with Gasteiger partial charge in [-0.25, -0.2) is 4.39 Å². The summed E-state index contributed by atoms with van der Waals surface area (Å²) in [5.74, 6) is -1.41. The fourth-order valence-corrected chi connectivity index (χ4v) is 4.73. The maximum Gasteiger partial charge on any atom is 0.259 e. The molecule has 1 spiro atoms. The molecule has 3 aromatic rings. The minimum Gasteiger partial charge on any atom is -0.505 e. The highest BCUT2D eigenvalue weighted by Gasteiger charge is 2.59. The van der Waals surface area contributed by atoms with Crippen LogP contribution < -0.4 is 9.80 Å². The summed E-state index contributed by atoms with van der Waals surface area (Å²) in [6, 6.07) is 13.0. The number of pyridine rings is 1. The van der Waals surface area contributed by atoms with Crippen LogP contribution in [0.2, 0.25) is 0 Å². The standard InChI is InChI=1S/C22H15FN4O2S/c23-16-11-14(5-7-18(16)28)27-21(30)26(20(29)22(27)8-2-9-22)17-6-4-13(12-24)19-15(17)3-1-10-25-19/h1,3-7,10-11,28H,2,8-9H2. The molecule has 5 rings (SSSR count). The first-order valence-corrected chi connectivity index (χ1v) is 9.84. The normalized spacial score (nSPS) is 17.5. The molecule has 2 fully saturated rings. The van der Waals surface area contributed by atoms with Gasteiger partial charge in [0, 0.05) is 23.3 Å². The minimum absolute atomic E-state index is 0.179. The van der Waals surface area contributed by atoms with E-state index >= 15 is 0 Å². The van der Waals surface area contributed by atoms with E-state index in [1.807, 2.05) is 0 Å². The van der Waals surface area contributed by atoms with E-state index in [1.165, 1.54) is 17.0 Å². The SMILES string of the molecule is N#Cc1ccc(N2C(=O)C3(CCC3)N(c3ccc(O)c(F)c3)C2=S)c2cccnc12. The lowest BCUT2D eigenvalue weighted by molar-refractivity contribution is -0.123. The molecule has 1 saturated carbocycles. The Morgan fingerprint density at radius 3 is 2.70 bits per heavy atom. The number of carbonyl (C=O) groups is 1. The molecule has 2 aromatic carbocycles. The van der Waals surface area contributed by atoms with E-state index in [0.29, 0.717) is 40.7 Å². The van der Waals surface area contributed by atoms with Crippen LogP contribution in [0.25, 0.3) is 10.9 Å². The highest BCUT2D eigenvalue weighted by molar-refractivity contribution is 7.81. The quantitative estimate of drug-likeness (QED) is 0.634. The van der Waals surface area contributed by atoms with Crippen molar-refractivity contribution >= 4 is 45.5 Å². The number of benzene rings is 2. The van der Waals surface area contributed by atoms with E-state index in [2.05, 4.69) is 11.1 Å². The van der Waals surface area contributed by atoms with Crippen molar-refractivity contribution in [1.82, 2.24) is 4.98 Å². The Labute approximate surface area is 176 Å². The molecule has 0 radical (unpaired) electrons. The molecule has 1 amide bonds. The van der Waals surface area contributed by atoms with Crippen LogP contribution in [-0.2, 0) is 4.79 Å². The predicted octanol–water partition coefficient (Wildman–Crippen LogP) is 4.01. The van der Waals surface area contributed by atoms with Crippen molar-refractivity contribution < 1.29 is 14.3 Å². The van der Waals surface area contributed by atoms with Crippen LogP contribution in [0.4, 0.5) is 15.8 Å². The average Bonchev–Trinajstić information content (AvgIpc) is 2.96. The van der Waals surface area contributed by atoms with Crippen LogP contribution in [0.15, 0.2) is 48.7 Å². The zero-order chi connectivity index (χ0) is 21.0. The fourth-order valence-electron chi connectivity index (χ4n) is 4.27. The number of amides is 1. The number of nitrogens with zero attached hydrogens (tertiary/aromatic N) is 4. The Bertz CT molecular complexity index is 1280. The van der Waals surface area contributed by atoms with Gasteiger partial charge in [-0.05, 0) is 67.9 Å². The number of phenols is 1. The van der Waals surface area contributed by atoms with Gasteiger partial charge in [-0.1, -0.05) is 0 Å². The number of hydrogen-bond donors (Lipinski definition) is 1. The Balaban J connectivity index is 1.69. The van der Waals surface area contributed by atoms with E-state index in [4.69, 9.17) is 12.2 Å². The number of phenolic OH excluding ortho intramolecular Hbond substituents is 1. The number of hydrogen-bond acceptors (Lipinski definition) is 5. The summed E-state index contributed by atoms with van der Waals surface area (Å²) in [6.07, 6.45) is 3.64. The first-order valence-electron chi connectivity index (χ1n) is 9.43. The van der Waals surface area contributed by atoms with Crippen molar-refractivity contribution in [2.24, 2.45) is 0 Å². The molecule has 1 aliphatic heterocycles. The monoisotopic (exact) mass is 418 g/mol. The Hall–Kier alpha value is -3.57. The largest absolute Gasteiger partial charge is 0.505 e. The maximum atomic E-state index is 14.1. The van der Waals surface area contributed by atoms with Crippen molar-refractivity contribution in [2.75, 3.05) is 9.80 Å². The maximum absolute atomic E-state index is 14.1. The predicted molar refractivity (Wildman–Crippen MR) is 114 cm³/mol. The van der Waals surface area contributed by atoms with Crippen LogP contribution >= 0.6 is 12.2 Å². The third kappa shape index (κ3) is 2.36. The van der Waals surface area contributed by atoms with E-state index in [1.54, 1.807) is 41.4 Å². The molecule has 2 heterocycles. The molecule has 1 aliphatic carbocycles. The lowest BCUT2D eigenvalue weighted by Gasteiger charge is -2.43. The van der Waals surface area contributed by atoms with Gasteiger partial charge in [-0.3, -0.25) is 14.7 Å². The Morgan fingerprint density at radius 2 is 2.03 bits per heavy atom. The molecule has 0 atom stereocenters. The second-order valence-electron chi connectivity index (χ2n) is 7.42. The summed E-state index contributed by atoms with van der Waals surface area (Å²) in [5, 5.41) is 19.8. The van der Waals surface area contributed by atoms with Gasteiger partial charge in [-0.2, -0.15) is 5.26 Å². The van der Waals surface area contributed by atoms with Crippen molar-refractivity contribution in [3.8, 4) is 11.8 Å². The first-order chi connectivity index (χ1) is 14.5. The van der Waals surface area contributed by atoms with E-state index in [9.17, 15) is 19.6 Å². The molecule has 30 heavy (non-hydrogen) atoms. The van der Waals surface area contributed by atoms with Crippen LogP contribution in [0.3, 0.4) is 0 Å². The van der Waals surface area contributed by atoms with Crippen molar-refractivity contribution in [2.45, 2.75) is 24.8 Å². The third-order valence-electron chi connectivity index (χ3n) is 5.89. The van der Waals surface area contributed by atoms with Gasteiger partial charge in [0.05, 0.1) is 16.8 Å². The highest BCUT2D eigenvalue weighted by atomic mass is 32.1. The summed E-state index contributed by atoms with van der Waals surface area (Å²) in [4.78, 5) is 21.1. The first kappa shape index (κ1) is 18.5. The molecular weight excluding hydrogens is 403 g/mol. The molecule has 8 heteroatoms. The topological polar surface area (TPSA) is 80.5 Å². The molecule has 6 nitrogen and oxygen atoms in total. The number of halogens is 1. The number of thiocarbonyl (C=S) groups is 1. The molecule has 1 saturated heterocycles. The third-order valence-corrected chi connectivity index (χ3v) is 6.26. The number of carbonyl (C=O) groups excluding carboxylic acids is 1. The van der Waals surface area contributed by atoms with E-state index in [0.717, 1.165) is 6.42 Å². The molecule has 0 unspecified atom stereocenters. The summed E-state index contributed by atoms with van der Waals surface area (Å²) < 4.78 is 14.1. The molecule has 0 bridgehead atoms. The average molecular weight is 418 g/mol. The molecule has 2 aliphatic rings. The lowest BCUT2D eigenvalue weighted by Crippen LogP contribution is -2.55. The van der Waals surface area contributed by atoms with Crippen molar-refractivity contribution in [3.63, 3.8) is 0 Å². The Kier molecular flexibility index (Phi) is 3.98. The van der Waals surface area contributed by atoms with E-state index < -0.39 is 17.1 Å². The molecular formula is C22H15FN4O2S. The number of aromatic hydroxyl groups is 1. The summed E-state index contributed by atoms with van der Waals surface area (Å²) >= 11 is 5.71. The summed E-state index contributed by atoms with van der Waals surface area (Å²) in [6.45, 7) is 0. The second kappa shape index (κ2) is 6.47. The number of anilines is 2. The lowest BCUT2D eigenvalue weighted by atomic mass is 9.75. The van der Waals surface area contributed by atoms with Crippen molar-refractivity contribution in [3.05, 3.63) is 60.0 Å². The number of fused-ring (bicyclic) bond motifs is 1.